The molecule has 4 rings (SSSR count). The fourth-order valence-corrected chi connectivity index (χ4v) is 5.11. The zero-order valence-corrected chi connectivity index (χ0v) is 20.6. The number of likely N-dealkylation sites (tertiary alicyclic amines) is 1. The molecular weight excluding hydrogens is 424 g/mol. The SMILES string of the molecule is COc1cccc(CC(C2CCN(C(=O)Cc3ccn(C)c3)CC2)N(C)Cc2cccnc2)c1. The predicted octanol–water partition coefficient (Wildman–Crippen LogP) is 3.95. The van der Waals surface area contributed by atoms with Crippen molar-refractivity contribution in [2.75, 3.05) is 27.2 Å². The number of hydrogen-bond acceptors (Lipinski definition) is 4. The third-order valence-corrected chi connectivity index (χ3v) is 6.98. The lowest BCUT2D eigenvalue weighted by Gasteiger charge is -2.40. The predicted molar refractivity (Wildman–Crippen MR) is 135 cm³/mol. The van der Waals surface area contributed by atoms with Gasteiger partial charge in [-0.25, -0.2) is 0 Å². The summed E-state index contributed by atoms with van der Waals surface area (Å²) >= 11 is 0. The largest absolute Gasteiger partial charge is 0.497 e. The minimum atomic E-state index is 0.234. The number of amides is 1. The zero-order valence-electron chi connectivity index (χ0n) is 20.6. The number of carbonyl (C=O) groups is 1. The van der Waals surface area contributed by atoms with Crippen molar-refractivity contribution in [3.8, 4) is 5.75 Å². The second kappa shape index (κ2) is 11.3. The standard InChI is InChI=1S/C28H36N4O2/c1-30-13-9-23(20-30)18-28(33)32-14-10-25(11-15-32)27(17-22-6-4-8-26(16-22)34-3)31(2)21-24-7-5-12-29-19-24/h4-9,12-13,16,19-20,25,27H,10-11,14-15,17-18,21H2,1-3H3. The molecule has 3 aromatic rings. The number of benzene rings is 1. The number of ether oxygens (including phenoxy) is 1. The maximum Gasteiger partial charge on any atom is 0.227 e. The molecule has 1 aromatic carbocycles. The van der Waals surface area contributed by atoms with E-state index in [1.165, 1.54) is 11.1 Å². The van der Waals surface area contributed by atoms with Crippen LogP contribution in [0, 0.1) is 5.92 Å². The Morgan fingerprint density at radius 3 is 2.62 bits per heavy atom. The van der Waals surface area contributed by atoms with E-state index < -0.39 is 0 Å². The van der Waals surface area contributed by atoms with Crippen LogP contribution in [0.3, 0.4) is 0 Å². The van der Waals surface area contributed by atoms with E-state index in [0.29, 0.717) is 18.4 Å². The van der Waals surface area contributed by atoms with Gasteiger partial charge in [-0.3, -0.25) is 14.7 Å². The quantitative estimate of drug-likeness (QED) is 0.485. The van der Waals surface area contributed by atoms with Gasteiger partial charge in [-0.15, -0.1) is 0 Å². The molecule has 3 heterocycles. The summed E-state index contributed by atoms with van der Waals surface area (Å²) in [7, 11) is 5.92. The highest BCUT2D eigenvalue weighted by atomic mass is 16.5. The van der Waals surface area contributed by atoms with Crippen LogP contribution in [-0.2, 0) is 31.2 Å². The molecule has 6 heteroatoms. The topological polar surface area (TPSA) is 50.6 Å². The summed E-state index contributed by atoms with van der Waals surface area (Å²) in [5.41, 5.74) is 3.59. The second-order valence-corrected chi connectivity index (χ2v) is 9.48. The van der Waals surface area contributed by atoms with Gasteiger partial charge in [-0.05, 0) is 73.2 Å². The summed E-state index contributed by atoms with van der Waals surface area (Å²) in [6.07, 6.45) is 11.3. The molecule has 0 saturated carbocycles. The number of piperidine rings is 1. The maximum atomic E-state index is 12.9. The summed E-state index contributed by atoms with van der Waals surface area (Å²) in [4.78, 5) is 21.7. The second-order valence-electron chi connectivity index (χ2n) is 9.48. The van der Waals surface area contributed by atoms with Crippen molar-refractivity contribution >= 4 is 5.91 Å². The number of rotatable bonds is 9. The summed E-state index contributed by atoms with van der Waals surface area (Å²) in [6.45, 7) is 2.51. The van der Waals surface area contributed by atoms with Gasteiger partial charge in [-0.2, -0.15) is 0 Å². The van der Waals surface area contributed by atoms with Crippen LogP contribution in [0.15, 0.2) is 67.3 Å². The van der Waals surface area contributed by atoms with E-state index in [-0.39, 0.29) is 5.91 Å². The van der Waals surface area contributed by atoms with Gasteiger partial charge >= 0.3 is 0 Å². The minimum Gasteiger partial charge on any atom is -0.497 e. The molecule has 0 bridgehead atoms. The van der Waals surface area contributed by atoms with Crippen LogP contribution < -0.4 is 4.74 Å². The van der Waals surface area contributed by atoms with Crippen LogP contribution in [0.1, 0.15) is 29.5 Å². The van der Waals surface area contributed by atoms with Crippen molar-refractivity contribution in [3.63, 3.8) is 0 Å². The number of hydrogen-bond donors (Lipinski definition) is 0. The molecule has 1 unspecified atom stereocenters. The van der Waals surface area contributed by atoms with Crippen molar-refractivity contribution in [2.24, 2.45) is 13.0 Å². The first-order chi connectivity index (χ1) is 16.5. The van der Waals surface area contributed by atoms with Crippen molar-refractivity contribution in [1.29, 1.82) is 0 Å². The number of aromatic nitrogens is 2. The molecule has 180 valence electrons. The molecule has 1 atom stereocenters. The van der Waals surface area contributed by atoms with Crippen molar-refractivity contribution < 1.29 is 9.53 Å². The van der Waals surface area contributed by atoms with Gasteiger partial charge in [0.25, 0.3) is 0 Å². The Labute approximate surface area is 203 Å². The molecule has 1 aliphatic heterocycles. The Morgan fingerprint density at radius 1 is 1.15 bits per heavy atom. The van der Waals surface area contributed by atoms with Gasteiger partial charge in [0.15, 0.2) is 0 Å². The number of carbonyl (C=O) groups excluding carboxylic acids is 1. The molecule has 0 aliphatic carbocycles. The van der Waals surface area contributed by atoms with E-state index in [1.807, 2.05) is 59.5 Å². The van der Waals surface area contributed by atoms with Gasteiger partial charge in [0.1, 0.15) is 5.75 Å². The fourth-order valence-electron chi connectivity index (χ4n) is 5.11. The highest BCUT2D eigenvalue weighted by Gasteiger charge is 2.31. The fraction of sp³-hybridized carbons (Fsp3) is 0.429. The number of aryl methyl sites for hydroxylation is 1. The van der Waals surface area contributed by atoms with E-state index in [9.17, 15) is 4.79 Å². The minimum absolute atomic E-state index is 0.234. The highest BCUT2D eigenvalue weighted by molar-refractivity contribution is 5.78. The lowest BCUT2D eigenvalue weighted by Crippen LogP contribution is -2.46. The van der Waals surface area contributed by atoms with Gasteiger partial charge < -0.3 is 14.2 Å². The van der Waals surface area contributed by atoms with Crippen molar-refractivity contribution in [3.05, 3.63) is 83.9 Å². The van der Waals surface area contributed by atoms with Gasteiger partial charge in [0, 0.05) is 57.5 Å². The Bertz CT molecular complexity index is 1060. The lowest BCUT2D eigenvalue weighted by atomic mass is 9.84. The monoisotopic (exact) mass is 460 g/mol. The van der Waals surface area contributed by atoms with E-state index in [2.05, 4.69) is 41.2 Å². The van der Waals surface area contributed by atoms with E-state index >= 15 is 0 Å². The van der Waals surface area contributed by atoms with Crippen LogP contribution in [-0.4, -0.2) is 58.5 Å². The van der Waals surface area contributed by atoms with Crippen LogP contribution in [0.2, 0.25) is 0 Å². The van der Waals surface area contributed by atoms with Crippen LogP contribution in [0.4, 0.5) is 0 Å². The van der Waals surface area contributed by atoms with Gasteiger partial charge in [0.05, 0.1) is 13.5 Å². The molecule has 1 saturated heterocycles. The summed E-state index contributed by atoms with van der Waals surface area (Å²) in [5.74, 6) is 1.65. The third-order valence-electron chi connectivity index (χ3n) is 6.98. The Balaban J connectivity index is 1.43. The van der Waals surface area contributed by atoms with E-state index in [1.54, 1.807) is 7.11 Å². The number of nitrogens with zero attached hydrogens (tertiary/aromatic N) is 4. The third kappa shape index (κ3) is 6.26. The van der Waals surface area contributed by atoms with Crippen molar-refractivity contribution in [2.45, 2.75) is 38.3 Å². The molecule has 0 spiro atoms. The first-order valence-corrected chi connectivity index (χ1v) is 12.1. The molecule has 0 N–H and O–H groups in total. The number of likely N-dealkylation sites (N-methyl/N-ethyl adjacent to an activating group) is 1. The maximum absolute atomic E-state index is 12.9. The Kier molecular flexibility index (Phi) is 8.01. The molecule has 34 heavy (non-hydrogen) atoms. The molecule has 6 nitrogen and oxygen atoms in total. The molecule has 0 radical (unpaired) electrons. The molecule has 1 fully saturated rings. The zero-order chi connectivity index (χ0) is 23.9. The van der Waals surface area contributed by atoms with Crippen LogP contribution in [0.25, 0.3) is 0 Å². The van der Waals surface area contributed by atoms with Crippen molar-refractivity contribution in [1.82, 2.24) is 19.4 Å². The normalized spacial score (nSPS) is 15.5. The lowest BCUT2D eigenvalue weighted by molar-refractivity contribution is -0.132. The number of pyridine rings is 1. The Hall–Kier alpha value is -3.12. The molecule has 1 amide bonds. The summed E-state index contributed by atoms with van der Waals surface area (Å²) < 4.78 is 7.46. The van der Waals surface area contributed by atoms with Gasteiger partial charge in [0.2, 0.25) is 5.91 Å². The Morgan fingerprint density at radius 2 is 1.94 bits per heavy atom. The molecule has 2 aromatic heterocycles. The summed E-state index contributed by atoms with van der Waals surface area (Å²) in [5, 5.41) is 0. The molecule has 1 aliphatic rings. The highest BCUT2D eigenvalue weighted by Crippen LogP contribution is 2.28. The van der Waals surface area contributed by atoms with E-state index in [4.69, 9.17) is 4.74 Å². The first-order valence-electron chi connectivity index (χ1n) is 12.1. The molecular formula is C28H36N4O2. The summed E-state index contributed by atoms with van der Waals surface area (Å²) in [6, 6.07) is 14.9. The average Bonchev–Trinajstić information content (AvgIpc) is 3.27. The van der Waals surface area contributed by atoms with Crippen LogP contribution >= 0.6 is 0 Å². The first kappa shape index (κ1) is 24.0. The number of methoxy groups -OCH3 is 1. The van der Waals surface area contributed by atoms with Gasteiger partial charge in [-0.1, -0.05) is 18.2 Å². The average molecular weight is 461 g/mol. The van der Waals surface area contributed by atoms with Crippen LogP contribution in [0.5, 0.6) is 5.75 Å². The smallest absolute Gasteiger partial charge is 0.227 e. The van der Waals surface area contributed by atoms with E-state index in [0.717, 1.165) is 50.2 Å².